The van der Waals surface area contributed by atoms with E-state index in [1.807, 2.05) is 6.92 Å². The Morgan fingerprint density at radius 1 is 1.38 bits per heavy atom. The van der Waals surface area contributed by atoms with Crippen molar-refractivity contribution in [3.05, 3.63) is 34.9 Å². The summed E-state index contributed by atoms with van der Waals surface area (Å²) >= 11 is 5.77. The molecule has 1 aromatic carbocycles. The second-order valence-electron chi connectivity index (χ2n) is 4.85. The number of rotatable bonds is 5. The van der Waals surface area contributed by atoms with Gasteiger partial charge < -0.3 is 5.32 Å². The summed E-state index contributed by atoms with van der Waals surface area (Å²) in [7, 11) is 0. The van der Waals surface area contributed by atoms with Crippen molar-refractivity contribution in [2.75, 3.05) is 6.54 Å². The summed E-state index contributed by atoms with van der Waals surface area (Å²) in [5.41, 5.74) is 0.525. The smallest absolute Gasteiger partial charge is 0.251 e. The Morgan fingerprint density at radius 2 is 2.10 bits per heavy atom. The van der Waals surface area contributed by atoms with Crippen LogP contribution in [0.4, 0.5) is 0 Å². The molecule has 2 amide bonds. The van der Waals surface area contributed by atoms with Crippen LogP contribution in [-0.2, 0) is 4.79 Å². The highest BCUT2D eigenvalue weighted by molar-refractivity contribution is 6.30. The minimum atomic E-state index is -0.212. The number of nitrogens with one attached hydrogen (secondary N) is 1. The minimum absolute atomic E-state index is 0.0630. The lowest BCUT2D eigenvalue weighted by molar-refractivity contribution is -0.132. The summed E-state index contributed by atoms with van der Waals surface area (Å²) in [6.45, 7) is 2.32. The van der Waals surface area contributed by atoms with Crippen molar-refractivity contribution in [3.63, 3.8) is 0 Å². The van der Waals surface area contributed by atoms with Gasteiger partial charge in [0, 0.05) is 36.2 Å². The standard InChI is InChI=1S/C15H18ClN3O2/c1-2-13-7-10-18-19(13)14(20)8-9-17-15(21)11-3-5-12(16)6-4-11/h3-6,10,13H,2,7-9H2,1H3,(H,17,21). The van der Waals surface area contributed by atoms with Gasteiger partial charge in [0.1, 0.15) is 0 Å². The molecular weight excluding hydrogens is 290 g/mol. The Labute approximate surface area is 129 Å². The van der Waals surface area contributed by atoms with Gasteiger partial charge in [-0.3, -0.25) is 9.59 Å². The van der Waals surface area contributed by atoms with Gasteiger partial charge in [-0.25, -0.2) is 5.01 Å². The zero-order valence-electron chi connectivity index (χ0n) is 11.9. The van der Waals surface area contributed by atoms with E-state index < -0.39 is 0 Å². The minimum Gasteiger partial charge on any atom is -0.352 e. The predicted molar refractivity (Wildman–Crippen MR) is 82.4 cm³/mol. The number of carbonyl (C=O) groups excluding carboxylic acids is 2. The van der Waals surface area contributed by atoms with Crippen LogP contribution < -0.4 is 5.32 Å². The van der Waals surface area contributed by atoms with Crippen molar-refractivity contribution >= 4 is 29.6 Å². The zero-order valence-corrected chi connectivity index (χ0v) is 12.6. The molecule has 0 saturated heterocycles. The molecule has 0 radical (unpaired) electrons. The molecule has 1 unspecified atom stereocenters. The van der Waals surface area contributed by atoms with Crippen molar-refractivity contribution < 1.29 is 9.59 Å². The molecule has 0 saturated carbocycles. The maximum absolute atomic E-state index is 12.0. The van der Waals surface area contributed by atoms with Gasteiger partial charge in [0.2, 0.25) is 5.91 Å². The number of hydrogen-bond donors (Lipinski definition) is 1. The highest BCUT2D eigenvalue weighted by Crippen LogP contribution is 2.15. The largest absolute Gasteiger partial charge is 0.352 e. The third kappa shape index (κ3) is 4.04. The van der Waals surface area contributed by atoms with E-state index in [4.69, 9.17) is 11.6 Å². The molecule has 0 fully saturated rings. The van der Waals surface area contributed by atoms with Crippen LogP contribution in [0.2, 0.25) is 5.02 Å². The Bertz CT molecular complexity index is 542. The van der Waals surface area contributed by atoms with Crippen molar-refractivity contribution in [3.8, 4) is 0 Å². The van der Waals surface area contributed by atoms with Gasteiger partial charge in [0.05, 0.1) is 6.04 Å². The van der Waals surface area contributed by atoms with Gasteiger partial charge in [-0.2, -0.15) is 5.10 Å². The Kier molecular flexibility index (Phi) is 5.33. The Hall–Kier alpha value is -1.88. The third-order valence-corrected chi connectivity index (χ3v) is 3.64. The maximum atomic E-state index is 12.0. The molecule has 0 aromatic heterocycles. The second-order valence-corrected chi connectivity index (χ2v) is 5.28. The first-order valence-electron chi connectivity index (χ1n) is 7.00. The first-order valence-corrected chi connectivity index (χ1v) is 7.38. The molecule has 5 nitrogen and oxygen atoms in total. The second kappa shape index (κ2) is 7.22. The highest BCUT2D eigenvalue weighted by atomic mass is 35.5. The average molecular weight is 308 g/mol. The van der Waals surface area contributed by atoms with Crippen molar-refractivity contribution in [1.82, 2.24) is 10.3 Å². The van der Waals surface area contributed by atoms with Crippen molar-refractivity contribution in [1.29, 1.82) is 0 Å². The van der Waals surface area contributed by atoms with Crippen LogP contribution >= 0.6 is 11.6 Å². The molecule has 1 aliphatic heterocycles. The lowest BCUT2D eigenvalue weighted by Crippen LogP contribution is -2.35. The zero-order chi connectivity index (χ0) is 15.2. The monoisotopic (exact) mass is 307 g/mol. The van der Waals surface area contributed by atoms with E-state index in [0.29, 0.717) is 17.1 Å². The summed E-state index contributed by atoms with van der Waals surface area (Å²) in [6, 6.07) is 6.78. The predicted octanol–water partition coefficient (Wildman–Crippen LogP) is 2.46. The van der Waals surface area contributed by atoms with E-state index in [9.17, 15) is 9.59 Å². The highest BCUT2D eigenvalue weighted by Gasteiger charge is 2.24. The van der Waals surface area contributed by atoms with Crippen molar-refractivity contribution in [2.24, 2.45) is 5.10 Å². The molecule has 0 aliphatic carbocycles. The van der Waals surface area contributed by atoms with Crippen molar-refractivity contribution in [2.45, 2.75) is 32.2 Å². The number of halogens is 1. The van der Waals surface area contributed by atoms with Gasteiger partial charge >= 0.3 is 0 Å². The van der Waals surface area contributed by atoms with Crippen LogP contribution in [0.15, 0.2) is 29.4 Å². The molecule has 1 N–H and O–H groups in total. The summed E-state index contributed by atoms with van der Waals surface area (Å²) in [5.74, 6) is -0.275. The fourth-order valence-electron chi connectivity index (χ4n) is 2.16. The molecule has 112 valence electrons. The quantitative estimate of drug-likeness (QED) is 0.908. The van der Waals surface area contributed by atoms with E-state index >= 15 is 0 Å². The first-order chi connectivity index (χ1) is 10.1. The molecule has 1 atom stereocenters. The van der Waals surface area contributed by atoms with Crippen LogP contribution in [0.1, 0.15) is 36.5 Å². The molecule has 21 heavy (non-hydrogen) atoms. The molecule has 1 aliphatic rings. The lowest BCUT2D eigenvalue weighted by Gasteiger charge is -2.20. The number of carbonyl (C=O) groups is 2. The summed E-state index contributed by atoms with van der Waals surface area (Å²) in [6.07, 6.45) is 3.69. The van der Waals surface area contributed by atoms with Crippen LogP contribution in [0.25, 0.3) is 0 Å². The van der Waals surface area contributed by atoms with Crippen LogP contribution in [0.5, 0.6) is 0 Å². The van der Waals surface area contributed by atoms with Gasteiger partial charge in [-0.05, 0) is 30.7 Å². The number of benzene rings is 1. The summed E-state index contributed by atoms with van der Waals surface area (Å²) in [4.78, 5) is 23.9. The molecule has 2 rings (SSSR count). The fraction of sp³-hybridized carbons (Fsp3) is 0.400. The molecule has 0 spiro atoms. The molecular formula is C15H18ClN3O2. The molecule has 1 heterocycles. The molecule has 0 bridgehead atoms. The van der Waals surface area contributed by atoms with Crippen LogP contribution in [-0.4, -0.2) is 35.6 Å². The maximum Gasteiger partial charge on any atom is 0.251 e. The summed E-state index contributed by atoms with van der Waals surface area (Å²) < 4.78 is 0. The first kappa shape index (κ1) is 15.5. The SMILES string of the molecule is CCC1CC=NN1C(=O)CCNC(=O)c1ccc(Cl)cc1. The third-order valence-electron chi connectivity index (χ3n) is 3.39. The Balaban J connectivity index is 1.78. The van der Waals surface area contributed by atoms with E-state index in [1.54, 1.807) is 30.5 Å². The molecule has 6 heteroatoms. The van der Waals surface area contributed by atoms with Gasteiger partial charge in [0.15, 0.2) is 0 Å². The summed E-state index contributed by atoms with van der Waals surface area (Å²) in [5, 5.41) is 8.91. The number of nitrogens with zero attached hydrogens (tertiary/aromatic N) is 2. The van der Waals surface area contributed by atoms with Gasteiger partial charge in [0.25, 0.3) is 5.91 Å². The number of amides is 2. The lowest BCUT2D eigenvalue weighted by atomic mass is 10.1. The van der Waals surface area contributed by atoms with Gasteiger partial charge in [-0.1, -0.05) is 18.5 Å². The van der Waals surface area contributed by atoms with Gasteiger partial charge in [-0.15, -0.1) is 0 Å². The normalized spacial score (nSPS) is 17.0. The van der Waals surface area contributed by atoms with E-state index in [1.165, 1.54) is 5.01 Å². The van der Waals surface area contributed by atoms with Crippen LogP contribution in [0.3, 0.4) is 0 Å². The van der Waals surface area contributed by atoms with E-state index in [-0.39, 0.29) is 24.3 Å². The van der Waals surface area contributed by atoms with Crippen LogP contribution in [0, 0.1) is 0 Å². The van der Waals surface area contributed by atoms with E-state index in [2.05, 4.69) is 10.4 Å². The van der Waals surface area contributed by atoms with E-state index in [0.717, 1.165) is 12.8 Å². The number of hydrazone groups is 1. The topological polar surface area (TPSA) is 61.8 Å². The fourth-order valence-corrected chi connectivity index (χ4v) is 2.29. The average Bonchev–Trinajstić information content (AvgIpc) is 2.96. The number of hydrogen-bond acceptors (Lipinski definition) is 3. The molecule has 1 aromatic rings. The Morgan fingerprint density at radius 3 is 2.76 bits per heavy atom.